The van der Waals surface area contributed by atoms with Gasteiger partial charge < -0.3 is 9.47 Å². The van der Waals surface area contributed by atoms with Crippen LogP contribution in [0.25, 0.3) is 49.0 Å². The molecular formula is C36H22N4. The van der Waals surface area contributed by atoms with Gasteiger partial charge in [-0.1, -0.05) is 54.6 Å². The fraction of sp³-hybridized carbons (Fsp3) is 0. The average Bonchev–Trinajstić information content (AvgIpc) is 3.37. The van der Waals surface area contributed by atoms with Crippen LogP contribution < -0.4 is 4.90 Å². The van der Waals surface area contributed by atoms with Crippen molar-refractivity contribution < 1.29 is 0 Å². The van der Waals surface area contributed by atoms with Gasteiger partial charge in [0.05, 0.1) is 40.2 Å². The van der Waals surface area contributed by atoms with Crippen LogP contribution in [0, 0.1) is 11.3 Å². The van der Waals surface area contributed by atoms with Gasteiger partial charge in [0.15, 0.2) is 0 Å². The molecule has 0 fully saturated rings. The van der Waals surface area contributed by atoms with Crippen molar-refractivity contribution in [3.63, 3.8) is 0 Å². The van der Waals surface area contributed by atoms with Crippen molar-refractivity contribution in [2.24, 2.45) is 0 Å². The monoisotopic (exact) mass is 510 g/mol. The fourth-order valence-corrected chi connectivity index (χ4v) is 6.06. The molecule has 0 saturated heterocycles. The second kappa shape index (κ2) is 8.69. The molecule has 0 amide bonds. The summed E-state index contributed by atoms with van der Waals surface area (Å²) in [5, 5.41) is 16.7. The lowest BCUT2D eigenvalue weighted by Crippen LogP contribution is -2.10. The zero-order chi connectivity index (χ0) is 26.6. The Morgan fingerprint density at radius 1 is 0.625 bits per heavy atom. The van der Waals surface area contributed by atoms with Gasteiger partial charge in [-0.05, 0) is 82.9 Å². The topological polar surface area (TPSA) is 44.9 Å². The number of benzene rings is 6. The molecule has 0 atom stereocenters. The summed E-state index contributed by atoms with van der Waals surface area (Å²) >= 11 is 0. The predicted molar refractivity (Wildman–Crippen MR) is 164 cm³/mol. The Hall–Kier alpha value is -5.66. The van der Waals surface area contributed by atoms with Crippen LogP contribution in [0.1, 0.15) is 5.56 Å². The van der Waals surface area contributed by atoms with Gasteiger partial charge in [0.1, 0.15) is 0 Å². The Labute approximate surface area is 230 Å². The first-order valence-electron chi connectivity index (χ1n) is 13.3. The average molecular weight is 511 g/mol. The van der Waals surface area contributed by atoms with Crippen LogP contribution in [0.15, 0.2) is 134 Å². The van der Waals surface area contributed by atoms with Crippen LogP contribution in [0.2, 0.25) is 0 Å². The van der Waals surface area contributed by atoms with Crippen molar-refractivity contribution in [1.82, 2.24) is 9.55 Å². The Morgan fingerprint density at radius 2 is 1.43 bits per heavy atom. The minimum absolute atomic E-state index is 0.634. The SMILES string of the molecule is N#Cc1ccc(N(c2cccnc2)c2ccc3c4c2ccc2cccc(c24)n3-c2ccc3ccccc3c2)cc1. The molecule has 2 aromatic heterocycles. The highest BCUT2D eigenvalue weighted by Gasteiger charge is 2.22. The van der Waals surface area contributed by atoms with Crippen molar-refractivity contribution in [2.45, 2.75) is 0 Å². The zero-order valence-electron chi connectivity index (χ0n) is 21.5. The predicted octanol–water partition coefficient (Wildman–Crippen LogP) is 9.26. The number of pyridine rings is 1. The summed E-state index contributed by atoms with van der Waals surface area (Å²) < 4.78 is 2.39. The van der Waals surface area contributed by atoms with Crippen LogP contribution in [-0.4, -0.2) is 9.55 Å². The largest absolute Gasteiger partial charge is 0.309 e. The van der Waals surface area contributed by atoms with Gasteiger partial charge in [-0.25, -0.2) is 0 Å². The maximum atomic E-state index is 9.38. The van der Waals surface area contributed by atoms with Gasteiger partial charge in [-0.15, -0.1) is 0 Å². The van der Waals surface area contributed by atoms with Gasteiger partial charge in [-0.3, -0.25) is 4.98 Å². The zero-order valence-corrected chi connectivity index (χ0v) is 21.5. The number of anilines is 3. The second-order valence-corrected chi connectivity index (χ2v) is 10.0. The van der Waals surface area contributed by atoms with E-state index in [2.05, 4.69) is 112 Å². The highest BCUT2D eigenvalue weighted by atomic mass is 15.1. The third-order valence-corrected chi connectivity index (χ3v) is 7.83. The van der Waals surface area contributed by atoms with Crippen molar-refractivity contribution in [1.29, 1.82) is 5.26 Å². The third kappa shape index (κ3) is 3.28. The quantitative estimate of drug-likeness (QED) is 0.222. The van der Waals surface area contributed by atoms with Gasteiger partial charge >= 0.3 is 0 Å². The number of aromatic nitrogens is 2. The summed E-state index contributed by atoms with van der Waals surface area (Å²) in [7, 11) is 0. The molecule has 8 rings (SSSR count). The van der Waals surface area contributed by atoms with E-state index in [1.165, 1.54) is 38.0 Å². The Kier molecular flexibility index (Phi) is 4.85. The second-order valence-electron chi connectivity index (χ2n) is 10.0. The van der Waals surface area contributed by atoms with Crippen LogP contribution in [-0.2, 0) is 0 Å². The number of nitriles is 1. The van der Waals surface area contributed by atoms with Crippen molar-refractivity contribution >= 4 is 60.4 Å². The molecule has 0 aliphatic carbocycles. The Morgan fingerprint density at radius 3 is 2.25 bits per heavy atom. The first-order chi connectivity index (χ1) is 19.8. The molecule has 0 bridgehead atoms. The van der Waals surface area contributed by atoms with Crippen LogP contribution in [0.5, 0.6) is 0 Å². The lowest BCUT2D eigenvalue weighted by atomic mass is 10.00. The van der Waals surface area contributed by atoms with E-state index in [-0.39, 0.29) is 0 Å². The molecule has 4 nitrogen and oxygen atoms in total. The number of nitrogens with zero attached hydrogens (tertiary/aromatic N) is 4. The van der Waals surface area contributed by atoms with Crippen LogP contribution in [0.3, 0.4) is 0 Å². The number of hydrogen-bond donors (Lipinski definition) is 0. The standard InChI is InChI=1S/C36H22N4/c37-22-24-10-14-28(15-11-24)39(30-8-4-20-38-23-30)32-18-19-34-36-31(32)17-13-26-7-3-9-33(35(26)36)40(34)29-16-12-25-5-1-2-6-27(25)21-29/h1-21,23H. The molecule has 0 spiro atoms. The Balaban J connectivity index is 1.44. The van der Waals surface area contributed by atoms with Gasteiger partial charge in [0, 0.05) is 33.7 Å². The molecule has 40 heavy (non-hydrogen) atoms. The van der Waals surface area contributed by atoms with Gasteiger partial charge in [0.25, 0.3) is 0 Å². The molecule has 6 aromatic carbocycles. The van der Waals surface area contributed by atoms with Gasteiger partial charge in [-0.2, -0.15) is 5.26 Å². The first-order valence-corrected chi connectivity index (χ1v) is 13.3. The molecule has 0 aliphatic rings. The van der Waals surface area contributed by atoms with E-state index in [1.54, 1.807) is 6.20 Å². The minimum atomic E-state index is 0.634. The molecule has 0 aliphatic heterocycles. The fourth-order valence-electron chi connectivity index (χ4n) is 6.06. The summed E-state index contributed by atoms with van der Waals surface area (Å²) in [6, 6.07) is 44.6. The van der Waals surface area contributed by atoms with Crippen molar-refractivity contribution in [3.05, 3.63) is 139 Å². The van der Waals surface area contributed by atoms with Gasteiger partial charge in [0.2, 0.25) is 0 Å². The summed E-state index contributed by atoms with van der Waals surface area (Å²) in [4.78, 5) is 6.65. The smallest absolute Gasteiger partial charge is 0.0991 e. The van der Waals surface area contributed by atoms with E-state index >= 15 is 0 Å². The molecule has 0 radical (unpaired) electrons. The third-order valence-electron chi connectivity index (χ3n) is 7.83. The van der Waals surface area contributed by atoms with E-state index in [0.717, 1.165) is 28.1 Å². The minimum Gasteiger partial charge on any atom is -0.309 e. The summed E-state index contributed by atoms with van der Waals surface area (Å²) in [5.74, 6) is 0. The number of fused-ring (bicyclic) bond motifs is 1. The van der Waals surface area contributed by atoms with Crippen molar-refractivity contribution in [3.8, 4) is 11.8 Å². The Bertz CT molecular complexity index is 2220. The molecule has 0 saturated carbocycles. The highest BCUT2D eigenvalue weighted by Crippen LogP contribution is 2.45. The van der Waals surface area contributed by atoms with Crippen molar-refractivity contribution in [2.75, 3.05) is 4.90 Å². The molecule has 2 heterocycles. The van der Waals surface area contributed by atoms with E-state index in [4.69, 9.17) is 0 Å². The molecule has 8 aromatic rings. The molecule has 0 N–H and O–H groups in total. The van der Waals surface area contributed by atoms with Crippen LogP contribution >= 0.6 is 0 Å². The lowest BCUT2D eigenvalue weighted by molar-refractivity contribution is 1.18. The normalized spacial score (nSPS) is 11.5. The van der Waals surface area contributed by atoms with E-state index in [9.17, 15) is 5.26 Å². The summed E-state index contributed by atoms with van der Waals surface area (Å²) in [6.07, 6.45) is 3.67. The number of rotatable bonds is 4. The van der Waals surface area contributed by atoms with E-state index in [1.807, 2.05) is 36.5 Å². The maximum absolute atomic E-state index is 9.38. The summed E-state index contributed by atoms with van der Waals surface area (Å²) in [5.41, 5.74) is 7.14. The molecule has 4 heteroatoms. The first kappa shape index (κ1) is 22.3. The lowest BCUT2D eigenvalue weighted by Gasteiger charge is -2.26. The van der Waals surface area contributed by atoms with E-state index < -0.39 is 0 Å². The highest BCUT2D eigenvalue weighted by molar-refractivity contribution is 6.27. The van der Waals surface area contributed by atoms with E-state index in [0.29, 0.717) is 5.56 Å². The maximum Gasteiger partial charge on any atom is 0.0991 e. The van der Waals surface area contributed by atoms with Crippen LogP contribution in [0.4, 0.5) is 17.1 Å². The molecule has 186 valence electrons. The molecule has 0 unspecified atom stereocenters. The summed E-state index contributed by atoms with van der Waals surface area (Å²) in [6.45, 7) is 0. The molecular weight excluding hydrogens is 488 g/mol. The number of hydrogen-bond acceptors (Lipinski definition) is 3.